The highest BCUT2D eigenvalue weighted by molar-refractivity contribution is 9.10. The summed E-state index contributed by atoms with van der Waals surface area (Å²) in [6.07, 6.45) is 1.83. The molecule has 0 radical (unpaired) electrons. The van der Waals surface area contributed by atoms with Gasteiger partial charge in [0, 0.05) is 18.7 Å². The van der Waals surface area contributed by atoms with Gasteiger partial charge in [-0.1, -0.05) is 35.6 Å². The van der Waals surface area contributed by atoms with Gasteiger partial charge >= 0.3 is 0 Å². The lowest BCUT2D eigenvalue weighted by Gasteiger charge is -2.29. The van der Waals surface area contributed by atoms with Gasteiger partial charge < -0.3 is 14.4 Å². The monoisotopic (exact) mass is 569 g/mol. The molecule has 188 valence electrons. The minimum atomic E-state index is -0.657. The van der Waals surface area contributed by atoms with E-state index in [4.69, 9.17) is 14.5 Å². The number of benzene rings is 2. The van der Waals surface area contributed by atoms with Crippen LogP contribution in [0.15, 0.2) is 68.0 Å². The molecule has 0 bridgehead atoms. The molecule has 36 heavy (non-hydrogen) atoms. The zero-order valence-electron chi connectivity index (χ0n) is 20.9. The Labute approximate surface area is 222 Å². The SMILES string of the molecule is CCN(CC)C(=O)C1=C(C)N=c2s/c(=C/c3ccc(OC)c(Br)c3)c(=O)n2[C@H]1c1ccccc1OC. The number of carbonyl (C=O) groups excluding carboxylic acids is 1. The van der Waals surface area contributed by atoms with Crippen LogP contribution in [-0.4, -0.2) is 42.7 Å². The van der Waals surface area contributed by atoms with E-state index in [1.165, 1.54) is 11.3 Å². The largest absolute Gasteiger partial charge is 0.496 e. The Bertz CT molecular complexity index is 1520. The molecule has 0 unspecified atom stereocenters. The summed E-state index contributed by atoms with van der Waals surface area (Å²) in [5, 5.41) is 0. The van der Waals surface area contributed by atoms with Crippen molar-refractivity contribution in [3.8, 4) is 11.5 Å². The molecule has 1 amide bonds. The van der Waals surface area contributed by atoms with E-state index >= 15 is 0 Å². The van der Waals surface area contributed by atoms with Crippen LogP contribution in [0, 0.1) is 0 Å². The van der Waals surface area contributed by atoms with Gasteiger partial charge in [0.1, 0.15) is 17.5 Å². The summed E-state index contributed by atoms with van der Waals surface area (Å²) in [6, 6.07) is 12.5. The standard InChI is InChI=1S/C27H28BrN3O4S/c1-6-30(7-2)26(33)23-16(3)29-27-31(24(23)18-10-8-9-11-20(18)34-4)25(32)22(36-27)15-17-12-13-21(35-5)19(28)14-17/h8-15,24H,6-7H2,1-5H3/b22-15+/t24-/m0/s1. The molecule has 0 aliphatic carbocycles. The number of aromatic nitrogens is 1. The molecular weight excluding hydrogens is 542 g/mol. The van der Waals surface area contributed by atoms with Gasteiger partial charge in [0.15, 0.2) is 4.80 Å². The van der Waals surface area contributed by atoms with Crippen LogP contribution in [0.4, 0.5) is 0 Å². The number of rotatable bonds is 7. The van der Waals surface area contributed by atoms with Crippen LogP contribution in [0.3, 0.4) is 0 Å². The molecule has 1 atom stereocenters. The Hall–Kier alpha value is -3.17. The van der Waals surface area contributed by atoms with Gasteiger partial charge in [-0.2, -0.15) is 0 Å². The second-order valence-corrected chi connectivity index (χ2v) is 10.1. The maximum absolute atomic E-state index is 13.9. The summed E-state index contributed by atoms with van der Waals surface area (Å²) < 4.78 is 13.9. The molecule has 0 saturated heterocycles. The van der Waals surface area contributed by atoms with E-state index in [0.29, 0.717) is 45.2 Å². The zero-order valence-corrected chi connectivity index (χ0v) is 23.3. The zero-order chi connectivity index (χ0) is 26.0. The third-order valence-corrected chi connectivity index (χ3v) is 7.81. The van der Waals surface area contributed by atoms with E-state index in [9.17, 15) is 9.59 Å². The van der Waals surface area contributed by atoms with Crippen molar-refractivity contribution in [1.82, 2.24) is 9.47 Å². The summed E-state index contributed by atoms with van der Waals surface area (Å²) in [6.45, 7) is 6.83. The smallest absolute Gasteiger partial charge is 0.271 e. The third-order valence-electron chi connectivity index (χ3n) is 6.21. The van der Waals surface area contributed by atoms with E-state index in [1.54, 1.807) is 23.7 Å². The maximum atomic E-state index is 13.9. The van der Waals surface area contributed by atoms with Crippen molar-refractivity contribution in [2.45, 2.75) is 26.8 Å². The number of halogens is 1. The van der Waals surface area contributed by atoms with Gasteiger partial charge in [0.05, 0.1) is 34.5 Å². The Morgan fingerprint density at radius 1 is 1.14 bits per heavy atom. The van der Waals surface area contributed by atoms with Gasteiger partial charge in [0.25, 0.3) is 11.5 Å². The Kier molecular flexibility index (Phi) is 7.80. The maximum Gasteiger partial charge on any atom is 0.271 e. The van der Waals surface area contributed by atoms with Crippen molar-refractivity contribution >= 4 is 39.2 Å². The van der Waals surface area contributed by atoms with Crippen molar-refractivity contribution in [1.29, 1.82) is 0 Å². The second-order valence-electron chi connectivity index (χ2n) is 8.20. The first-order chi connectivity index (χ1) is 17.3. The molecular formula is C27H28BrN3O4S. The number of fused-ring (bicyclic) bond motifs is 1. The van der Waals surface area contributed by atoms with Crippen molar-refractivity contribution in [3.05, 3.63) is 89.0 Å². The average Bonchev–Trinajstić information content (AvgIpc) is 3.18. The summed E-state index contributed by atoms with van der Waals surface area (Å²) >= 11 is 4.81. The Morgan fingerprint density at radius 3 is 2.47 bits per heavy atom. The molecule has 9 heteroatoms. The first-order valence-electron chi connectivity index (χ1n) is 11.6. The normalized spacial score (nSPS) is 15.4. The van der Waals surface area contributed by atoms with Gasteiger partial charge in [-0.3, -0.25) is 14.2 Å². The first-order valence-corrected chi connectivity index (χ1v) is 13.2. The van der Waals surface area contributed by atoms with Crippen LogP contribution in [0.5, 0.6) is 11.5 Å². The summed E-state index contributed by atoms with van der Waals surface area (Å²) in [7, 11) is 3.20. The predicted molar refractivity (Wildman–Crippen MR) is 145 cm³/mol. The highest BCUT2D eigenvalue weighted by Gasteiger charge is 2.35. The fourth-order valence-electron chi connectivity index (χ4n) is 4.39. The fourth-order valence-corrected chi connectivity index (χ4v) is 5.99. The molecule has 0 N–H and O–H groups in total. The molecule has 4 rings (SSSR count). The molecule has 0 spiro atoms. The van der Waals surface area contributed by atoms with E-state index in [1.807, 2.05) is 69.3 Å². The molecule has 0 fully saturated rings. The van der Waals surface area contributed by atoms with Crippen LogP contribution >= 0.6 is 27.3 Å². The molecule has 2 aromatic carbocycles. The fraction of sp³-hybridized carbons (Fsp3) is 0.296. The first kappa shape index (κ1) is 25.9. The van der Waals surface area contributed by atoms with Crippen molar-refractivity contribution < 1.29 is 14.3 Å². The lowest BCUT2D eigenvalue weighted by Crippen LogP contribution is -2.43. The van der Waals surface area contributed by atoms with Crippen molar-refractivity contribution in [2.75, 3.05) is 27.3 Å². The van der Waals surface area contributed by atoms with Crippen molar-refractivity contribution in [2.24, 2.45) is 4.99 Å². The molecule has 7 nitrogen and oxygen atoms in total. The minimum absolute atomic E-state index is 0.134. The van der Waals surface area contributed by atoms with Gasteiger partial charge in [-0.05, 0) is 66.5 Å². The van der Waals surface area contributed by atoms with Crippen molar-refractivity contribution in [3.63, 3.8) is 0 Å². The average molecular weight is 571 g/mol. The number of methoxy groups -OCH3 is 2. The molecule has 3 aromatic rings. The van der Waals surface area contributed by atoms with E-state index in [-0.39, 0.29) is 11.5 Å². The van der Waals surface area contributed by atoms with Crippen LogP contribution < -0.4 is 24.4 Å². The minimum Gasteiger partial charge on any atom is -0.496 e. The van der Waals surface area contributed by atoms with Crippen LogP contribution in [0.25, 0.3) is 6.08 Å². The summed E-state index contributed by atoms with van der Waals surface area (Å²) in [5.74, 6) is 1.18. The number of para-hydroxylation sites is 1. The predicted octanol–water partition coefficient (Wildman–Crippen LogP) is 3.88. The number of nitrogens with zero attached hydrogens (tertiary/aromatic N) is 3. The number of carbonyl (C=O) groups is 1. The van der Waals surface area contributed by atoms with Gasteiger partial charge in [0.2, 0.25) is 0 Å². The lowest BCUT2D eigenvalue weighted by atomic mass is 9.94. The number of likely N-dealkylation sites (N-methyl/N-ethyl adjacent to an activating group) is 1. The second kappa shape index (κ2) is 10.8. The topological polar surface area (TPSA) is 73.1 Å². The van der Waals surface area contributed by atoms with E-state index < -0.39 is 6.04 Å². The molecule has 2 heterocycles. The van der Waals surface area contributed by atoms with Crippen LogP contribution in [0.2, 0.25) is 0 Å². The lowest BCUT2D eigenvalue weighted by molar-refractivity contribution is -0.127. The number of amides is 1. The van der Waals surface area contributed by atoms with Gasteiger partial charge in [-0.15, -0.1) is 0 Å². The third kappa shape index (κ3) is 4.65. The van der Waals surface area contributed by atoms with Gasteiger partial charge in [-0.25, -0.2) is 4.99 Å². The summed E-state index contributed by atoms with van der Waals surface area (Å²) in [4.78, 5) is 34.6. The molecule has 1 aromatic heterocycles. The van der Waals surface area contributed by atoms with Crippen LogP contribution in [0.1, 0.15) is 37.9 Å². The summed E-state index contributed by atoms with van der Waals surface area (Å²) in [5.41, 5.74) is 2.46. The molecule has 1 aliphatic heterocycles. The number of ether oxygens (including phenoxy) is 2. The highest BCUT2D eigenvalue weighted by Crippen LogP contribution is 2.36. The number of allylic oxidation sites excluding steroid dienone is 1. The number of thiazole rings is 1. The Morgan fingerprint density at radius 2 is 1.83 bits per heavy atom. The van der Waals surface area contributed by atoms with E-state index in [2.05, 4.69) is 15.9 Å². The Balaban J connectivity index is 1.97. The number of hydrogen-bond donors (Lipinski definition) is 0. The quantitative estimate of drug-likeness (QED) is 0.433. The highest BCUT2D eigenvalue weighted by atomic mass is 79.9. The van der Waals surface area contributed by atoms with Crippen LogP contribution in [-0.2, 0) is 4.79 Å². The molecule has 1 aliphatic rings. The van der Waals surface area contributed by atoms with E-state index in [0.717, 1.165) is 15.6 Å². The number of hydrogen-bond acceptors (Lipinski definition) is 6. The molecule has 0 saturated carbocycles.